The van der Waals surface area contributed by atoms with Crippen LogP contribution in [0.15, 0.2) is 11.4 Å². The van der Waals surface area contributed by atoms with Crippen molar-refractivity contribution in [2.24, 2.45) is 5.92 Å². The first kappa shape index (κ1) is 11.4. The summed E-state index contributed by atoms with van der Waals surface area (Å²) >= 11 is 1.34. The summed E-state index contributed by atoms with van der Waals surface area (Å²) in [6.07, 6.45) is 1.73. The number of carbonyl (C=O) groups is 1. The maximum atomic E-state index is 11.7. The van der Waals surface area contributed by atoms with E-state index in [1.54, 1.807) is 6.07 Å². The second kappa shape index (κ2) is 4.84. The van der Waals surface area contributed by atoms with Crippen molar-refractivity contribution in [1.29, 1.82) is 0 Å². The maximum absolute atomic E-state index is 11.7. The molecular weight excluding hydrogens is 226 g/mol. The second-order valence-corrected chi connectivity index (χ2v) is 4.85. The summed E-state index contributed by atoms with van der Waals surface area (Å²) in [5.74, 6) is 0.792. The van der Waals surface area contributed by atoms with Gasteiger partial charge in [-0.05, 0) is 30.2 Å². The highest BCUT2D eigenvalue weighted by atomic mass is 32.1. The molecule has 0 bridgehead atoms. The Morgan fingerprint density at radius 3 is 3.12 bits per heavy atom. The van der Waals surface area contributed by atoms with Crippen LogP contribution < -0.4 is 10.1 Å². The molecule has 1 amide bonds. The zero-order valence-corrected chi connectivity index (χ0v) is 9.92. The molecule has 1 fully saturated rings. The van der Waals surface area contributed by atoms with Crippen LogP contribution in [0.3, 0.4) is 0 Å². The largest absolute Gasteiger partial charge is 0.495 e. The summed E-state index contributed by atoms with van der Waals surface area (Å²) < 4.78 is 5.06. The third kappa shape index (κ3) is 2.54. The molecule has 1 aliphatic rings. The van der Waals surface area contributed by atoms with Gasteiger partial charge in [-0.3, -0.25) is 4.79 Å². The molecule has 1 aromatic rings. The summed E-state index contributed by atoms with van der Waals surface area (Å²) in [7, 11) is 1.54. The van der Waals surface area contributed by atoms with Gasteiger partial charge >= 0.3 is 0 Å². The molecule has 0 aliphatic heterocycles. The Morgan fingerprint density at radius 2 is 2.50 bits per heavy atom. The van der Waals surface area contributed by atoms with Crippen molar-refractivity contribution in [3.8, 4) is 5.75 Å². The Labute approximate surface area is 98.2 Å². The highest BCUT2D eigenvalue weighted by Gasteiger charge is 2.30. The van der Waals surface area contributed by atoms with Crippen LogP contribution in [-0.4, -0.2) is 30.8 Å². The standard InChI is InChI=1S/C11H15NO3S/c1-15-9-4-5-16-10(9)11(14)12-6-8(13)7-2-3-7/h4-5,7-8,13H,2-3,6H2,1H3,(H,12,14). The molecule has 1 unspecified atom stereocenters. The minimum absolute atomic E-state index is 0.174. The second-order valence-electron chi connectivity index (χ2n) is 3.93. The van der Waals surface area contributed by atoms with Gasteiger partial charge in [-0.15, -0.1) is 11.3 Å². The number of aliphatic hydroxyl groups excluding tert-OH is 1. The molecule has 2 rings (SSSR count). The van der Waals surface area contributed by atoms with Gasteiger partial charge in [0, 0.05) is 6.54 Å². The fourth-order valence-corrected chi connectivity index (χ4v) is 2.32. The van der Waals surface area contributed by atoms with E-state index < -0.39 is 6.10 Å². The molecule has 1 saturated carbocycles. The van der Waals surface area contributed by atoms with Gasteiger partial charge in [-0.2, -0.15) is 0 Å². The van der Waals surface area contributed by atoms with Crippen molar-refractivity contribution in [1.82, 2.24) is 5.32 Å². The number of thiophene rings is 1. The van der Waals surface area contributed by atoms with Gasteiger partial charge in [-0.25, -0.2) is 0 Å². The molecule has 0 aromatic carbocycles. The van der Waals surface area contributed by atoms with Gasteiger partial charge in [0.1, 0.15) is 10.6 Å². The fourth-order valence-electron chi connectivity index (χ4n) is 1.55. The van der Waals surface area contributed by atoms with E-state index in [1.165, 1.54) is 18.4 Å². The van der Waals surface area contributed by atoms with Crippen LogP contribution in [0.1, 0.15) is 22.5 Å². The molecule has 0 spiro atoms. The van der Waals surface area contributed by atoms with Gasteiger partial charge in [-0.1, -0.05) is 0 Å². The molecule has 1 atom stereocenters. The Kier molecular flexibility index (Phi) is 3.46. The van der Waals surface area contributed by atoms with E-state index in [9.17, 15) is 9.90 Å². The minimum atomic E-state index is -0.407. The SMILES string of the molecule is COc1ccsc1C(=O)NCC(O)C1CC1. The number of hydrogen-bond acceptors (Lipinski definition) is 4. The summed E-state index contributed by atoms with van der Waals surface area (Å²) in [5.41, 5.74) is 0. The number of hydrogen-bond donors (Lipinski definition) is 2. The van der Waals surface area contributed by atoms with Crippen molar-refractivity contribution >= 4 is 17.2 Å². The monoisotopic (exact) mass is 241 g/mol. The molecule has 5 heteroatoms. The molecule has 0 radical (unpaired) electrons. The molecule has 2 N–H and O–H groups in total. The first-order chi connectivity index (χ1) is 7.72. The molecule has 1 aromatic heterocycles. The lowest BCUT2D eigenvalue weighted by molar-refractivity contribution is 0.0902. The van der Waals surface area contributed by atoms with Crippen LogP contribution in [0.2, 0.25) is 0 Å². The lowest BCUT2D eigenvalue weighted by Crippen LogP contribution is -2.32. The van der Waals surface area contributed by atoms with Gasteiger partial charge in [0.25, 0.3) is 5.91 Å². The smallest absolute Gasteiger partial charge is 0.265 e. The van der Waals surface area contributed by atoms with Gasteiger partial charge in [0.05, 0.1) is 13.2 Å². The molecule has 1 aliphatic carbocycles. The van der Waals surface area contributed by atoms with Crippen LogP contribution in [0.25, 0.3) is 0 Å². The number of ether oxygens (including phenoxy) is 1. The highest BCUT2D eigenvalue weighted by Crippen LogP contribution is 2.32. The number of amides is 1. The molecule has 1 heterocycles. The van der Waals surface area contributed by atoms with Crippen molar-refractivity contribution in [2.75, 3.05) is 13.7 Å². The van der Waals surface area contributed by atoms with E-state index in [4.69, 9.17) is 4.74 Å². The number of nitrogens with one attached hydrogen (secondary N) is 1. The molecule has 88 valence electrons. The number of carbonyl (C=O) groups excluding carboxylic acids is 1. The van der Waals surface area contributed by atoms with Crippen LogP contribution in [0.5, 0.6) is 5.75 Å². The topological polar surface area (TPSA) is 58.6 Å². The predicted molar refractivity (Wildman–Crippen MR) is 61.9 cm³/mol. The summed E-state index contributed by atoms with van der Waals surface area (Å²) in [6.45, 7) is 0.324. The highest BCUT2D eigenvalue weighted by molar-refractivity contribution is 7.12. The van der Waals surface area contributed by atoms with Crippen LogP contribution in [0.4, 0.5) is 0 Å². The molecular formula is C11H15NO3S. The molecule has 16 heavy (non-hydrogen) atoms. The quantitative estimate of drug-likeness (QED) is 0.816. The Morgan fingerprint density at radius 1 is 1.75 bits per heavy atom. The van der Waals surface area contributed by atoms with Crippen molar-refractivity contribution in [2.45, 2.75) is 18.9 Å². The van der Waals surface area contributed by atoms with E-state index in [-0.39, 0.29) is 5.91 Å². The van der Waals surface area contributed by atoms with E-state index in [1.807, 2.05) is 5.38 Å². The summed E-state index contributed by atoms with van der Waals surface area (Å²) in [6, 6.07) is 1.76. The number of rotatable bonds is 5. The van der Waals surface area contributed by atoms with Gasteiger partial charge in [0.2, 0.25) is 0 Å². The van der Waals surface area contributed by atoms with Gasteiger partial charge in [0.15, 0.2) is 0 Å². The molecule has 4 nitrogen and oxygen atoms in total. The van der Waals surface area contributed by atoms with Crippen molar-refractivity contribution < 1.29 is 14.6 Å². The third-order valence-corrected chi connectivity index (χ3v) is 3.59. The van der Waals surface area contributed by atoms with Crippen molar-refractivity contribution in [3.63, 3.8) is 0 Å². The van der Waals surface area contributed by atoms with E-state index in [0.29, 0.717) is 23.1 Å². The number of methoxy groups -OCH3 is 1. The predicted octanol–water partition coefficient (Wildman–Crippen LogP) is 1.26. The first-order valence-electron chi connectivity index (χ1n) is 5.30. The van der Waals surface area contributed by atoms with Gasteiger partial charge < -0.3 is 15.2 Å². The van der Waals surface area contributed by atoms with Crippen molar-refractivity contribution in [3.05, 3.63) is 16.3 Å². The third-order valence-electron chi connectivity index (χ3n) is 2.69. The van der Waals surface area contributed by atoms with Crippen LogP contribution in [-0.2, 0) is 0 Å². The molecule has 0 saturated heterocycles. The van der Waals surface area contributed by atoms with E-state index >= 15 is 0 Å². The Balaban J connectivity index is 1.87. The normalized spacial score (nSPS) is 16.9. The average Bonchev–Trinajstić information content (AvgIpc) is 3.03. The Bertz CT molecular complexity index is 373. The fraction of sp³-hybridized carbons (Fsp3) is 0.545. The minimum Gasteiger partial charge on any atom is -0.495 e. The first-order valence-corrected chi connectivity index (χ1v) is 6.18. The van der Waals surface area contributed by atoms with E-state index in [2.05, 4.69) is 5.32 Å². The lowest BCUT2D eigenvalue weighted by Gasteiger charge is -2.10. The summed E-state index contributed by atoms with van der Waals surface area (Å²) in [4.78, 5) is 12.3. The maximum Gasteiger partial charge on any atom is 0.265 e. The summed E-state index contributed by atoms with van der Waals surface area (Å²) in [5, 5.41) is 14.2. The van der Waals surface area contributed by atoms with E-state index in [0.717, 1.165) is 12.8 Å². The van der Waals surface area contributed by atoms with Crippen LogP contribution >= 0.6 is 11.3 Å². The lowest BCUT2D eigenvalue weighted by atomic mass is 10.2. The number of aliphatic hydroxyl groups is 1. The van der Waals surface area contributed by atoms with Crippen LogP contribution in [0, 0.1) is 5.92 Å². The average molecular weight is 241 g/mol. The zero-order chi connectivity index (χ0) is 11.5. The zero-order valence-electron chi connectivity index (χ0n) is 9.10. The Hall–Kier alpha value is -1.07.